The number of ether oxygens (including phenoxy) is 2. The minimum Gasteiger partial charge on any atom is -0.428 e. The Kier molecular flexibility index (Phi) is 7.50. The maximum Gasteiger partial charge on any atom is 0.423 e. The number of carbonyl (C=O) groups is 2. The van der Waals surface area contributed by atoms with Crippen LogP contribution in [-0.2, 0) is 14.3 Å². The van der Waals surface area contributed by atoms with E-state index in [9.17, 15) is 9.59 Å². The summed E-state index contributed by atoms with van der Waals surface area (Å²) in [5, 5.41) is 0.906. The van der Waals surface area contributed by atoms with Crippen LogP contribution in [0.1, 0.15) is 11.3 Å². The average molecular weight is 486 g/mol. The van der Waals surface area contributed by atoms with Gasteiger partial charge in [-0.15, -0.1) is 11.3 Å². The Morgan fingerprint density at radius 1 is 1.12 bits per heavy atom. The number of aryl methyl sites for hydroxylation is 1. The molecule has 1 aromatic carbocycles. The molecule has 10 heteroatoms. The summed E-state index contributed by atoms with van der Waals surface area (Å²) in [4.78, 5) is 39.4. The van der Waals surface area contributed by atoms with E-state index >= 15 is 0 Å². The van der Waals surface area contributed by atoms with E-state index in [2.05, 4.69) is 22.9 Å². The van der Waals surface area contributed by atoms with E-state index < -0.39 is 18.9 Å². The molecule has 0 atom stereocenters. The van der Waals surface area contributed by atoms with Gasteiger partial charge in [0.1, 0.15) is 10.5 Å². The Labute approximate surface area is 203 Å². The minimum atomic E-state index is -0.603. The number of carbonyl (C=O) groups excluding carboxylic acids is 2. The smallest absolute Gasteiger partial charge is 0.423 e. The summed E-state index contributed by atoms with van der Waals surface area (Å²) in [5.41, 5.74) is 1.33. The van der Waals surface area contributed by atoms with Gasteiger partial charge >= 0.3 is 12.1 Å². The van der Waals surface area contributed by atoms with Crippen molar-refractivity contribution < 1.29 is 19.1 Å². The van der Waals surface area contributed by atoms with Crippen molar-refractivity contribution in [2.45, 2.75) is 13.3 Å². The molecule has 2 aliphatic heterocycles. The molecule has 1 amide bonds. The van der Waals surface area contributed by atoms with Gasteiger partial charge in [-0.3, -0.25) is 4.79 Å². The first kappa shape index (κ1) is 24.2. The van der Waals surface area contributed by atoms with E-state index in [1.165, 1.54) is 0 Å². The number of hydrogen-bond acceptors (Lipinski definition) is 9. The lowest BCUT2D eigenvalue weighted by Gasteiger charge is -2.38. The highest BCUT2D eigenvalue weighted by Gasteiger charge is 2.32. The van der Waals surface area contributed by atoms with Gasteiger partial charge in [-0.2, -0.15) is 0 Å². The van der Waals surface area contributed by atoms with Crippen molar-refractivity contribution in [1.82, 2.24) is 14.7 Å². The lowest BCUT2D eigenvalue weighted by molar-refractivity contribution is -0.151. The van der Waals surface area contributed by atoms with Crippen LogP contribution in [0.2, 0.25) is 0 Å². The van der Waals surface area contributed by atoms with Gasteiger partial charge in [0, 0.05) is 37.6 Å². The van der Waals surface area contributed by atoms with Crippen molar-refractivity contribution in [3.8, 4) is 0 Å². The number of esters is 1. The summed E-state index contributed by atoms with van der Waals surface area (Å²) >= 11 is 1.60. The van der Waals surface area contributed by atoms with Crippen molar-refractivity contribution in [3.05, 3.63) is 45.1 Å². The van der Waals surface area contributed by atoms with Gasteiger partial charge < -0.3 is 24.2 Å². The van der Waals surface area contributed by atoms with Gasteiger partial charge in [-0.1, -0.05) is 12.1 Å². The summed E-state index contributed by atoms with van der Waals surface area (Å²) in [7, 11) is 5.85. The van der Waals surface area contributed by atoms with Crippen LogP contribution in [0.25, 0.3) is 5.82 Å². The number of para-hydroxylation sites is 2. The first-order valence-electron chi connectivity index (χ1n) is 11.3. The molecule has 1 aromatic heterocycles. The Hall–Kier alpha value is -2.95. The van der Waals surface area contributed by atoms with E-state index in [4.69, 9.17) is 14.5 Å². The van der Waals surface area contributed by atoms with Gasteiger partial charge in [0.25, 0.3) is 0 Å². The molecule has 0 N–H and O–H groups in total. The third-order valence-electron chi connectivity index (χ3n) is 5.78. The van der Waals surface area contributed by atoms with E-state index in [1.807, 2.05) is 50.2 Å². The number of amides is 1. The fourth-order valence-electron chi connectivity index (χ4n) is 3.95. The Morgan fingerprint density at radius 3 is 2.59 bits per heavy atom. The number of fused-ring (bicyclic) bond motifs is 2. The van der Waals surface area contributed by atoms with Crippen LogP contribution in [0.3, 0.4) is 0 Å². The molecule has 1 fully saturated rings. The molecule has 9 nitrogen and oxygen atoms in total. The molecular formula is C24H31N5O4S. The van der Waals surface area contributed by atoms with Crippen LogP contribution in [0, 0.1) is 6.92 Å². The topological polar surface area (TPSA) is 77.9 Å². The lowest BCUT2D eigenvalue weighted by atomic mass is 10.2. The SMILES string of the molecule is Cc1cc2c(s1)=Nc1ccccc1N(C(=O)OCOC(=O)CCN(C)C)C=2N1CCN(C)CC1. The third-order valence-corrected chi connectivity index (χ3v) is 6.73. The predicted molar refractivity (Wildman–Crippen MR) is 132 cm³/mol. The average Bonchev–Trinajstić information content (AvgIpc) is 3.10. The monoisotopic (exact) mass is 485 g/mol. The van der Waals surface area contributed by atoms with Crippen molar-refractivity contribution in [1.29, 1.82) is 0 Å². The quantitative estimate of drug-likeness (QED) is 0.456. The largest absolute Gasteiger partial charge is 0.428 e. The van der Waals surface area contributed by atoms with E-state index in [1.54, 1.807) is 16.2 Å². The number of benzene rings is 1. The van der Waals surface area contributed by atoms with Gasteiger partial charge in [0.2, 0.25) is 6.79 Å². The van der Waals surface area contributed by atoms with Crippen LogP contribution >= 0.6 is 11.3 Å². The zero-order valence-electron chi connectivity index (χ0n) is 20.1. The zero-order valence-corrected chi connectivity index (χ0v) is 20.9. The number of rotatable bonds is 6. The van der Waals surface area contributed by atoms with Crippen molar-refractivity contribution in [2.24, 2.45) is 4.99 Å². The number of piperazine rings is 1. The first-order valence-corrected chi connectivity index (χ1v) is 12.1. The fourth-order valence-corrected chi connectivity index (χ4v) is 4.83. The summed E-state index contributed by atoms with van der Waals surface area (Å²) in [5.74, 6) is 0.344. The summed E-state index contributed by atoms with van der Waals surface area (Å²) in [6, 6.07) is 9.61. The summed E-state index contributed by atoms with van der Waals surface area (Å²) in [6.07, 6.45) is -0.375. The van der Waals surface area contributed by atoms with Crippen LogP contribution in [0.15, 0.2) is 35.3 Å². The summed E-state index contributed by atoms with van der Waals surface area (Å²) in [6.45, 7) is 5.47. The van der Waals surface area contributed by atoms with E-state index in [0.29, 0.717) is 17.9 Å². The Bertz CT molecular complexity index is 1170. The van der Waals surface area contributed by atoms with Gasteiger partial charge in [0.05, 0.1) is 23.0 Å². The molecule has 0 unspecified atom stereocenters. The van der Waals surface area contributed by atoms with Crippen LogP contribution < -0.4 is 14.8 Å². The third kappa shape index (κ3) is 5.40. The molecule has 0 saturated carbocycles. The molecule has 2 aromatic rings. The normalized spacial score (nSPS) is 16.0. The molecule has 0 radical (unpaired) electrons. The summed E-state index contributed by atoms with van der Waals surface area (Å²) < 4.78 is 11.5. The van der Waals surface area contributed by atoms with Crippen molar-refractivity contribution >= 4 is 40.6 Å². The molecule has 1 saturated heterocycles. The number of thiophene rings is 1. The molecule has 0 bridgehead atoms. The molecule has 3 heterocycles. The Balaban J connectivity index is 1.67. The zero-order chi connectivity index (χ0) is 24.2. The minimum absolute atomic E-state index is 0.228. The van der Waals surface area contributed by atoms with Gasteiger partial charge in [0.15, 0.2) is 0 Å². The van der Waals surface area contributed by atoms with E-state index in [-0.39, 0.29) is 6.42 Å². The molecule has 2 aliphatic rings. The first-order chi connectivity index (χ1) is 16.3. The molecule has 4 rings (SSSR count). The van der Waals surface area contributed by atoms with Crippen molar-refractivity contribution in [2.75, 3.05) is 65.6 Å². The molecular weight excluding hydrogens is 454 g/mol. The second-order valence-electron chi connectivity index (χ2n) is 8.72. The second kappa shape index (κ2) is 10.5. The van der Waals surface area contributed by atoms with Crippen LogP contribution in [0.5, 0.6) is 0 Å². The van der Waals surface area contributed by atoms with Crippen LogP contribution in [0.4, 0.5) is 16.2 Å². The predicted octanol–water partition coefficient (Wildman–Crippen LogP) is 1.73. The maximum absolute atomic E-state index is 13.5. The van der Waals surface area contributed by atoms with E-state index in [0.717, 1.165) is 46.8 Å². The number of hydrogen-bond donors (Lipinski definition) is 0. The van der Waals surface area contributed by atoms with Gasteiger partial charge in [-0.05, 0) is 46.3 Å². The molecule has 34 heavy (non-hydrogen) atoms. The standard InChI is InChI=1S/C24H31N5O4S/c1-17-15-18-22(34-17)25-19-7-5-6-8-20(19)29(23(18)28-13-11-27(4)12-14-28)24(31)33-16-32-21(30)9-10-26(2)3/h5-8,15H,9-14,16H2,1-4H3. The molecule has 0 aliphatic carbocycles. The fraction of sp³-hybridized carbons (Fsp3) is 0.458. The highest BCUT2D eigenvalue weighted by molar-refractivity contribution is 7.09. The highest BCUT2D eigenvalue weighted by Crippen LogP contribution is 2.34. The molecule has 182 valence electrons. The maximum atomic E-state index is 13.5. The number of nitrogens with zero attached hydrogens (tertiary/aromatic N) is 5. The molecule has 0 spiro atoms. The number of likely N-dealkylation sites (N-methyl/N-ethyl adjacent to an activating group) is 1. The number of anilines is 1. The lowest BCUT2D eigenvalue weighted by Crippen LogP contribution is -2.51. The van der Waals surface area contributed by atoms with Crippen molar-refractivity contribution in [3.63, 3.8) is 0 Å². The highest BCUT2D eigenvalue weighted by atomic mass is 32.1. The van der Waals surface area contributed by atoms with Gasteiger partial charge in [-0.25, -0.2) is 14.7 Å². The Morgan fingerprint density at radius 2 is 1.85 bits per heavy atom. The second-order valence-corrected chi connectivity index (χ2v) is 9.96. The van der Waals surface area contributed by atoms with Crippen LogP contribution in [-0.4, -0.2) is 87.4 Å².